The molecule has 4 nitrogen and oxygen atoms in total. The Hall–Kier alpha value is -1.59. The van der Waals surface area contributed by atoms with Crippen LogP contribution in [0.3, 0.4) is 0 Å². The zero-order chi connectivity index (χ0) is 13.4. The molecule has 0 amide bonds. The van der Waals surface area contributed by atoms with E-state index in [9.17, 15) is 4.39 Å². The molecule has 3 rings (SSSR count). The zero-order valence-electron chi connectivity index (χ0n) is 10.1. The second kappa shape index (κ2) is 4.83. The van der Waals surface area contributed by atoms with E-state index < -0.39 is 5.82 Å². The average Bonchev–Trinajstić information content (AvgIpc) is 3.02. The number of aromatic amines is 1. The number of rotatable bonds is 2. The second-order valence-corrected chi connectivity index (χ2v) is 4.91. The van der Waals surface area contributed by atoms with Crippen LogP contribution in [0.5, 0.6) is 0 Å². The summed E-state index contributed by atoms with van der Waals surface area (Å²) in [5, 5.41) is 6.89. The van der Waals surface area contributed by atoms with E-state index in [1.807, 2.05) is 0 Å². The number of nitrogens with one attached hydrogen (secondary N) is 1. The number of halogens is 2. The van der Waals surface area contributed by atoms with E-state index in [0.717, 1.165) is 18.5 Å². The molecule has 2 aromatic rings. The zero-order valence-corrected chi connectivity index (χ0v) is 10.9. The van der Waals surface area contributed by atoms with Crippen molar-refractivity contribution in [2.24, 2.45) is 0 Å². The summed E-state index contributed by atoms with van der Waals surface area (Å²) in [7, 11) is 0. The fraction of sp³-hybridized carbons (Fsp3) is 0.308. The number of benzene rings is 1. The van der Waals surface area contributed by atoms with E-state index in [1.54, 1.807) is 12.1 Å². The van der Waals surface area contributed by atoms with Gasteiger partial charge < -0.3 is 10.5 Å². The number of H-pyrrole nitrogens is 1. The van der Waals surface area contributed by atoms with Crippen molar-refractivity contribution in [3.05, 3.63) is 34.7 Å². The van der Waals surface area contributed by atoms with Gasteiger partial charge in [-0.05, 0) is 18.9 Å². The molecule has 0 saturated carbocycles. The summed E-state index contributed by atoms with van der Waals surface area (Å²) in [5.41, 5.74) is 7.47. The molecule has 0 aliphatic carbocycles. The minimum absolute atomic E-state index is 0.0661. The lowest BCUT2D eigenvalue weighted by Crippen LogP contribution is -2.00. The molecule has 1 unspecified atom stereocenters. The normalized spacial score (nSPS) is 18.9. The van der Waals surface area contributed by atoms with Crippen molar-refractivity contribution in [1.29, 1.82) is 0 Å². The molecule has 1 fully saturated rings. The Morgan fingerprint density at radius 2 is 2.32 bits per heavy atom. The van der Waals surface area contributed by atoms with E-state index in [4.69, 9.17) is 22.1 Å². The third-order valence-electron chi connectivity index (χ3n) is 3.29. The summed E-state index contributed by atoms with van der Waals surface area (Å²) in [5.74, 6) is -0.233. The predicted molar refractivity (Wildman–Crippen MR) is 71.3 cm³/mol. The summed E-state index contributed by atoms with van der Waals surface area (Å²) in [6.07, 6.45) is 1.73. The number of hydrogen-bond donors (Lipinski definition) is 2. The molecule has 3 N–H and O–H groups in total. The topological polar surface area (TPSA) is 63.9 Å². The number of nitrogens with zero attached hydrogens (tertiary/aromatic N) is 1. The van der Waals surface area contributed by atoms with Crippen molar-refractivity contribution in [3.8, 4) is 11.1 Å². The van der Waals surface area contributed by atoms with Gasteiger partial charge in [-0.15, -0.1) is 0 Å². The smallest absolute Gasteiger partial charge is 0.153 e. The first-order valence-electron chi connectivity index (χ1n) is 6.08. The van der Waals surface area contributed by atoms with Gasteiger partial charge in [0.05, 0.1) is 22.4 Å². The molecule has 1 atom stereocenters. The fourth-order valence-corrected chi connectivity index (χ4v) is 2.56. The first-order valence-corrected chi connectivity index (χ1v) is 6.46. The molecule has 100 valence electrons. The fourth-order valence-electron chi connectivity index (χ4n) is 2.39. The third-order valence-corrected chi connectivity index (χ3v) is 3.59. The van der Waals surface area contributed by atoms with Crippen LogP contribution in [0.1, 0.15) is 24.6 Å². The standard InChI is InChI=1S/C13H13ClFN3O/c14-8-4-1-3-7(11(8)15)10-12(17-18-13(10)16)9-5-2-6-19-9/h1,3-4,9H,2,5-6H2,(H3,16,17,18). The third kappa shape index (κ3) is 2.09. The maximum atomic E-state index is 14.1. The van der Waals surface area contributed by atoms with E-state index in [1.165, 1.54) is 6.07 Å². The lowest BCUT2D eigenvalue weighted by molar-refractivity contribution is 0.109. The summed E-state index contributed by atoms with van der Waals surface area (Å²) in [4.78, 5) is 0. The van der Waals surface area contributed by atoms with E-state index in [2.05, 4.69) is 10.2 Å². The average molecular weight is 282 g/mol. The number of ether oxygens (including phenoxy) is 1. The van der Waals surface area contributed by atoms with Crippen molar-refractivity contribution in [3.63, 3.8) is 0 Å². The molecule has 0 spiro atoms. The van der Waals surface area contributed by atoms with Gasteiger partial charge in [-0.25, -0.2) is 4.39 Å². The highest BCUT2D eigenvalue weighted by Crippen LogP contribution is 2.39. The largest absolute Gasteiger partial charge is 0.382 e. The molecule has 0 radical (unpaired) electrons. The minimum atomic E-state index is -0.489. The maximum Gasteiger partial charge on any atom is 0.153 e. The lowest BCUT2D eigenvalue weighted by atomic mass is 10.0. The van der Waals surface area contributed by atoms with E-state index >= 15 is 0 Å². The highest BCUT2D eigenvalue weighted by atomic mass is 35.5. The first-order chi connectivity index (χ1) is 9.18. The Morgan fingerprint density at radius 3 is 3.05 bits per heavy atom. The summed E-state index contributed by atoms with van der Waals surface area (Å²) in [6.45, 7) is 0.695. The van der Waals surface area contributed by atoms with Crippen molar-refractivity contribution in [1.82, 2.24) is 10.2 Å². The number of hydrogen-bond acceptors (Lipinski definition) is 3. The van der Waals surface area contributed by atoms with Gasteiger partial charge in [0.1, 0.15) is 5.82 Å². The van der Waals surface area contributed by atoms with Gasteiger partial charge in [0, 0.05) is 12.2 Å². The Kier molecular flexibility index (Phi) is 3.16. The maximum absolute atomic E-state index is 14.1. The van der Waals surface area contributed by atoms with Gasteiger partial charge in [-0.3, -0.25) is 5.10 Å². The number of nitrogen functional groups attached to an aromatic ring is 1. The van der Waals surface area contributed by atoms with Gasteiger partial charge in [0.15, 0.2) is 5.82 Å². The molecule has 0 bridgehead atoms. The molecular formula is C13H13ClFN3O. The Morgan fingerprint density at radius 1 is 1.47 bits per heavy atom. The monoisotopic (exact) mass is 281 g/mol. The highest BCUT2D eigenvalue weighted by Gasteiger charge is 2.26. The highest BCUT2D eigenvalue weighted by molar-refractivity contribution is 6.31. The molecule has 6 heteroatoms. The SMILES string of the molecule is Nc1n[nH]c(C2CCCO2)c1-c1cccc(Cl)c1F. The van der Waals surface area contributed by atoms with Gasteiger partial charge in [-0.1, -0.05) is 23.7 Å². The van der Waals surface area contributed by atoms with Crippen molar-refractivity contribution >= 4 is 17.4 Å². The van der Waals surface area contributed by atoms with Crippen LogP contribution in [0.2, 0.25) is 5.02 Å². The van der Waals surface area contributed by atoms with E-state index in [0.29, 0.717) is 17.7 Å². The van der Waals surface area contributed by atoms with Crippen molar-refractivity contribution in [2.45, 2.75) is 18.9 Å². The lowest BCUT2D eigenvalue weighted by Gasteiger charge is -2.11. The van der Waals surface area contributed by atoms with Crippen LogP contribution in [0, 0.1) is 5.82 Å². The van der Waals surface area contributed by atoms with Crippen molar-refractivity contribution in [2.75, 3.05) is 12.3 Å². The molecule has 1 aliphatic rings. The summed E-state index contributed by atoms with van der Waals surface area (Å²) < 4.78 is 19.7. The molecule has 1 aromatic heterocycles. The molecule has 19 heavy (non-hydrogen) atoms. The molecular weight excluding hydrogens is 269 g/mol. The van der Waals surface area contributed by atoms with E-state index in [-0.39, 0.29) is 16.9 Å². The first kappa shape index (κ1) is 12.4. The quantitative estimate of drug-likeness (QED) is 0.888. The van der Waals surface area contributed by atoms with Gasteiger partial charge in [-0.2, -0.15) is 5.10 Å². The van der Waals surface area contributed by atoms with Crippen LogP contribution in [0.25, 0.3) is 11.1 Å². The Labute approximate surface area is 114 Å². The molecule has 1 aromatic carbocycles. The van der Waals surface area contributed by atoms with Gasteiger partial charge >= 0.3 is 0 Å². The number of aromatic nitrogens is 2. The van der Waals surface area contributed by atoms with Crippen LogP contribution >= 0.6 is 11.6 Å². The molecule has 1 saturated heterocycles. The van der Waals surface area contributed by atoms with Crippen molar-refractivity contribution < 1.29 is 9.13 Å². The Balaban J connectivity index is 2.13. The Bertz CT molecular complexity index is 608. The number of nitrogens with two attached hydrogens (primary N) is 1. The van der Waals surface area contributed by atoms with Crippen LogP contribution in [0.15, 0.2) is 18.2 Å². The summed E-state index contributed by atoms with van der Waals surface area (Å²) in [6, 6.07) is 4.83. The van der Waals surface area contributed by atoms with Crippen LogP contribution in [-0.4, -0.2) is 16.8 Å². The van der Waals surface area contributed by atoms with Crippen LogP contribution < -0.4 is 5.73 Å². The molecule has 2 heterocycles. The summed E-state index contributed by atoms with van der Waals surface area (Å²) >= 11 is 5.82. The predicted octanol–water partition coefficient (Wildman–Crippen LogP) is 3.30. The van der Waals surface area contributed by atoms with Crippen LogP contribution in [0.4, 0.5) is 10.2 Å². The van der Waals surface area contributed by atoms with Gasteiger partial charge in [0.25, 0.3) is 0 Å². The second-order valence-electron chi connectivity index (χ2n) is 4.50. The van der Waals surface area contributed by atoms with Gasteiger partial charge in [0.2, 0.25) is 0 Å². The minimum Gasteiger partial charge on any atom is -0.382 e. The van der Waals surface area contributed by atoms with Crippen LogP contribution in [-0.2, 0) is 4.74 Å². The molecule has 1 aliphatic heterocycles. The number of anilines is 1.